The van der Waals surface area contributed by atoms with Crippen molar-refractivity contribution >= 4 is 17.2 Å². The van der Waals surface area contributed by atoms with Gasteiger partial charge >= 0.3 is 0 Å². The minimum atomic E-state index is -0.432. The van der Waals surface area contributed by atoms with Gasteiger partial charge in [0.1, 0.15) is 17.4 Å². The summed E-state index contributed by atoms with van der Waals surface area (Å²) in [4.78, 5) is 9.06. The Morgan fingerprint density at radius 1 is 1.14 bits per heavy atom. The second-order valence-corrected chi connectivity index (χ2v) is 8.10. The van der Waals surface area contributed by atoms with Crippen LogP contribution in [0.2, 0.25) is 0 Å². The van der Waals surface area contributed by atoms with Crippen LogP contribution in [-0.4, -0.2) is 36.1 Å². The molecule has 2 aliphatic heterocycles. The molecule has 2 aliphatic rings. The van der Waals surface area contributed by atoms with E-state index in [1.54, 1.807) is 17.4 Å². The van der Waals surface area contributed by atoms with E-state index in [0.717, 1.165) is 54.4 Å². The van der Waals surface area contributed by atoms with Crippen molar-refractivity contribution in [1.82, 2.24) is 9.88 Å². The second-order valence-electron chi connectivity index (χ2n) is 7.32. The first-order chi connectivity index (χ1) is 14.3. The van der Waals surface area contributed by atoms with Gasteiger partial charge in [-0.15, -0.1) is 0 Å². The Morgan fingerprint density at radius 2 is 2.03 bits per heavy atom. The molecule has 0 radical (unpaired) electrons. The van der Waals surface area contributed by atoms with E-state index in [1.807, 2.05) is 41.2 Å². The summed E-state index contributed by atoms with van der Waals surface area (Å²) in [5.41, 5.74) is 2.66. The van der Waals surface area contributed by atoms with E-state index in [1.165, 1.54) is 6.07 Å². The summed E-state index contributed by atoms with van der Waals surface area (Å²) in [6.07, 6.45) is 1.39. The van der Waals surface area contributed by atoms with E-state index in [-0.39, 0.29) is 5.82 Å². The van der Waals surface area contributed by atoms with E-state index in [9.17, 15) is 4.39 Å². The molecule has 0 N–H and O–H groups in total. The lowest BCUT2D eigenvalue weighted by Crippen LogP contribution is -2.46. The van der Waals surface area contributed by atoms with Gasteiger partial charge in [0.2, 0.25) is 6.29 Å². The molecule has 0 unspecified atom stereocenters. The molecule has 5 rings (SSSR count). The van der Waals surface area contributed by atoms with Crippen molar-refractivity contribution in [3.63, 3.8) is 0 Å². The third kappa shape index (κ3) is 3.99. The van der Waals surface area contributed by atoms with Crippen LogP contribution in [0.4, 0.5) is 10.2 Å². The van der Waals surface area contributed by atoms with Crippen molar-refractivity contribution in [3.8, 4) is 5.75 Å². The number of aromatic nitrogens is 1. The SMILES string of the molecule is Fc1cc2c(c(CN3CCN(c4ccccn4)CC3)c1)O[C@@H](c1ccsc1)OC2. The summed E-state index contributed by atoms with van der Waals surface area (Å²) in [6.45, 7) is 4.60. The topological polar surface area (TPSA) is 37.8 Å². The van der Waals surface area contributed by atoms with Crippen LogP contribution in [0.15, 0.2) is 53.4 Å². The lowest BCUT2D eigenvalue weighted by molar-refractivity contribution is -0.112. The fourth-order valence-electron chi connectivity index (χ4n) is 3.88. The zero-order valence-corrected chi connectivity index (χ0v) is 16.8. The van der Waals surface area contributed by atoms with E-state index < -0.39 is 6.29 Å². The molecule has 0 saturated carbocycles. The molecule has 0 spiro atoms. The lowest BCUT2D eigenvalue weighted by atomic mass is 10.1. The molecule has 7 heteroatoms. The van der Waals surface area contributed by atoms with Gasteiger partial charge in [-0.2, -0.15) is 11.3 Å². The molecular formula is C22H22FN3O2S. The fourth-order valence-corrected chi connectivity index (χ4v) is 4.55. The van der Waals surface area contributed by atoms with Gasteiger partial charge in [0.25, 0.3) is 0 Å². The molecule has 1 fully saturated rings. The maximum Gasteiger partial charge on any atom is 0.227 e. The van der Waals surface area contributed by atoms with Crippen LogP contribution in [0, 0.1) is 5.82 Å². The molecule has 2 aromatic heterocycles. The third-order valence-electron chi connectivity index (χ3n) is 5.38. The molecule has 1 aromatic carbocycles. The first-order valence-electron chi connectivity index (χ1n) is 9.76. The number of fused-ring (bicyclic) bond motifs is 1. The minimum Gasteiger partial charge on any atom is -0.460 e. The first-order valence-corrected chi connectivity index (χ1v) is 10.7. The Morgan fingerprint density at radius 3 is 2.79 bits per heavy atom. The van der Waals surface area contributed by atoms with E-state index in [4.69, 9.17) is 9.47 Å². The summed E-state index contributed by atoms with van der Waals surface area (Å²) in [6, 6.07) is 11.1. The number of halogens is 1. The summed E-state index contributed by atoms with van der Waals surface area (Å²) >= 11 is 1.61. The average molecular weight is 412 g/mol. The Balaban J connectivity index is 1.30. The monoisotopic (exact) mass is 411 g/mol. The quantitative estimate of drug-likeness (QED) is 0.643. The Bertz CT molecular complexity index is 960. The van der Waals surface area contributed by atoms with E-state index in [2.05, 4.69) is 14.8 Å². The van der Waals surface area contributed by atoms with Crippen LogP contribution in [0.1, 0.15) is 23.0 Å². The Kier molecular flexibility index (Phi) is 5.18. The van der Waals surface area contributed by atoms with Gasteiger partial charge in [-0.25, -0.2) is 9.37 Å². The number of pyridine rings is 1. The van der Waals surface area contributed by atoms with E-state index in [0.29, 0.717) is 13.2 Å². The molecule has 1 atom stereocenters. The van der Waals surface area contributed by atoms with Crippen LogP contribution in [-0.2, 0) is 17.9 Å². The molecule has 29 heavy (non-hydrogen) atoms. The summed E-state index contributed by atoms with van der Waals surface area (Å²) in [7, 11) is 0. The predicted octanol–water partition coefficient (Wildman–Crippen LogP) is 4.21. The van der Waals surface area contributed by atoms with E-state index >= 15 is 0 Å². The largest absolute Gasteiger partial charge is 0.460 e. The highest BCUT2D eigenvalue weighted by atomic mass is 32.1. The van der Waals surface area contributed by atoms with Crippen LogP contribution in [0.25, 0.3) is 0 Å². The molecular weight excluding hydrogens is 389 g/mol. The average Bonchev–Trinajstić information content (AvgIpc) is 3.30. The van der Waals surface area contributed by atoms with Crippen LogP contribution >= 0.6 is 11.3 Å². The smallest absolute Gasteiger partial charge is 0.227 e. The number of hydrogen-bond acceptors (Lipinski definition) is 6. The van der Waals surface area contributed by atoms with Crippen LogP contribution in [0.3, 0.4) is 0 Å². The van der Waals surface area contributed by atoms with Crippen molar-refractivity contribution in [2.24, 2.45) is 0 Å². The molecule has 5 nitrogen and oxygen atoms in total. The molecule has 4 heterocycles. The molecule has 0 aliphatic carbocycles. The number of nitrogens with zero attached hydrogens (tertiary/aromatic N) is 3. The third-order valence-corrected chi connectivity index (χ3v) is 6.08. The second kappa shape index (κ2) is 8.10. The van der Waals surface area contributed by atoms with Gasteiger partial charge < -0.3 is 14.4 Å². The Labute approximate surface area is 173 Å². The number of hydrogen-bond donors (Lipinski definition) is 0. The Hall–Kier alpha value is -2.48. The molecule has 0 bridgehead atoms. The number of ether oxygens (including phenoxy) is 2. The number of piperazine rings is 1. The van der Waals surface area contributed by atoms with Gasteiger partial charge in [0.05, 0.1) is 6.61 Å². The summed E-state index contributed by atoms with van der Waals surface area (Å²) in [5.74, 6) is 1.53. The number of thiophene rings is 1. The first kappa shape index (κ1) is 18.5. The minimum absolute atomic E-state index is 0.243. The maximum absolute atomic E-state index is 14.2. The summed E-state index contributed by atoms with van der Waals surface area (Å²) in [5, 5.41) is 4.03. The van der Waals surface area contributed by atoms with Gasteiger partial charge in [0, 0.05) is 61.0 Å². The van der Waals surface area contributed by atoms with Gasteiger partial charge in [-0.1, -0.05) is 6.07 Å². The standard InChI is InChI=1S/C22H22FN3O2S/c23-19-11-17(13-25-6-8-26(9-7-25)20-3-1-2-5-24-20)21-18(12-19)14-27-22(28-21)16-4-10-29-15-16/h1-5,10-12,15,22H,6-9,13-14H2/t22-/m0/s1. The highest BCUT2D eigenvalue weighted by Crippen LogP contribution is 2.37. The van der Waals surface area contributed by atoms with Gasteiger partial charge in [0.15, 0.2) is 0 Å². The van der Waals surface area contributed by atoms with Crippen molar-refractivity contribution < 1.29 is 13.9 Å². The predicted molar refractivity (Wildman–Crippen MR) is 111 cm³/mol. The number of anilines is 1. The highest BCUT2D eigenvalue weighted by Gasteiger charge is 2.27. The van der Waals surface area contributed by atoms with Crippen molar-refractivity contribution in [1.29, 1.82) is 0 Å². The zero-order valence-electron chi connectivity index (χ0n) is 16.0. The maximum atomic E-state index is 14.2. The van der Waals surface area contributed by atoms with Gasteiger partial charge in [-0.3, -0.25) is 4.90 Å². The fraction of sp³-hybridized carbons (Fsp3) is 0.318. The lowest BCUT2D eigenvalue weighted by Gasteiger charge is -2.36. The van der Waals surface area contributed by atoms with Crippen molar-refractivity contribution in [2.45, 2.75) is 19.4 Å². The molecule has 0 amide bonds. The normalized spacial score (nSPS) is 19.6. The number of benzene rings is 1. The van der Waals surface area contributed by atoms with Gasteiger partial charge in [-0.05, 0) is 35.7 Å². The molecule has 1 saturated heterocycles. The number of rotatable bonds is 4. The van der Waals surface area contributed by atoms with Crippen molar-refractivity contribution in [3.05, 3.63) is 75.9 Å². The van der Waals surface area contributed by atoms with Crippen LogP contribution in [0.5, 0.6) is 5.75 Å². The summed E-state index contributed by atoms with van der Waals surface area (Å²) < 4.78 is 26.2. The molecule has 3 aromatic rings. The van der Waals surface area contributed by atoms with Crippen LogP contribution < -0.4 is 9.64 Å². The zero-order chi connectivity index (χ0) is 19.6. The van der Waals surface area contributed by atoms with Crippen molar-refractivity contribution in [2.75, 3.05) is 31.1 Å². The highest BCUT2D eigenvalue weighted by molar-refractivity contribution is 7.07. The molecule has 150 valence electrons.